The fraction of sp³-hybridized carbons (Fsp3) is 0.400. The average Bonchev–Trinajstić information content (AvgIpc) is 2.11. The molecule has 1 aromatic rings. The van der Waals surface area contributed by atoms with Crippen LogP contribution in [0.1, 0.15) is 12.5 Å². The zero-order valence-electron chi connectivity index (χ0n) is 7.85. The van der Waals surface area contributed by atoms with Crippen LogP contribution in [0.4, 0.5) is 4.39 Å². The van der Waals surface area contributed by atoms with E-state index in [9.17, 15) is 4.39 Å². The summed E-state index contributed by atoms with van der Waals surface area (Å²) >= 11 is 2.02. The van der Waals surface area contributed by atoms with Crippen molar-refractivity contribution in [3.63, 3.8) is 0 Å². The number of rotatable bonds is 3. The molecule has 1 aromatic carbocycles. The molecule has 13 heavy (non-hydrogen) atoms. The molecule has 0 aromatic heterocycles. The Labute approximate surface area is 92.1 Å². The first-order valence-corrected chi connectivity index (χ1v) is 5.34. The first-order valence-electron chi connectivity index (χ1n) is 4.26. The fourth-order valence-corrected chi connectivity index (χ4v) is 1.64. The van der Waals surface area contributed by atoms with Gasteiger partial charge in [0, 0.05) is 10.1 Å². The molecule has 0 heterocycles. The van der Waals surface area contributed by atoms with Crippen molar-refractivity contribution < 1.29 is 4.39 Å². The SMILES string of the molecule is CCN(C)Cc1ccc(F)c(I)c1. The Morgan fingerprint density at radius 2 is 2.15 bits per heavy atom. The van der Waals surface area contributed by atoms with Gasteiger partial charge in [0.05, 0.1) is 0 Å². The molecular formula is C10H13FIN. The Kier molecular flexibility index (Phi) is 4.12. The predicted octanol–water partition coefficient (Wildman–Crippen LogP) is 2.88. The minimum atomic E-state index is -0.136. The van der Waals surface area contributed by atoms with Crippen LogP contribution in [0.25, 0.3) is 0 Å². The van der Waals surface area contributed by atoms with Crippen LogP contribution in [0, 0.1) is 9.39 Å². The Balaban J connectivity index is 2.73. The summed E-state index contributed by atoms with van der Waals surface area (Å²) in [5.74, 6) is -0.136. The summed E-state index contributed by atoms with van der Waals surface area (Å²) in [6.07, 6.45) is 0. The van der Waals surface area contributed by atoms with E-state index in [1.165, 1.54) is 6.07 Å². The predicted molar refractivity (Wildman–Crippen MR) is 61.1 cm³/mol. The largest absolute Gasteiger partial charge is 0.302 e. The lowest BCUT2D eigenvalue weighted by Crippen LogP contribution is -2.16. The second kappa shape index (κ2) is 4.91. The van der Waals surface area contributed by atoms with E-state index in [2.05, 4.69) is 18.9 Å². The minimum Gasteiger partial charge on any atom is -0.302 e. The Hall–Kier alpha value is -0.160. The molecule has 0 saturated carbocycles. The summed E-state index contributed by atoms with van der Waals surface area (Å²) in [4.78, 5) is 2.18. The average molecular weight is 293 g/mol. The maximum absolute atomic E-state index is 12.9. The number of hydrogen-bond acceptors (Lipinski definition) is 1. The van der Waals surface area contributed by atoms with Gasteiger partial charge >= 0.3 is 0 Å². The van der Waals surface area contributed by atoms with E-state index < -0.39 is 0 Å². The van der Waals surface area contributed by atoms with Gasteiger partial charge in [-0.3, -0.25) is 0 Å². The van der Waals surface area contributed by atoms with Gasteiger partial charge in [-0.2, -0.15) is 0 Å². The third-order valence-electron chi connectivity index (χ3n) is 1.98. The van der Waals surface area contributed by atoms with Crippen LogP contribution in [0.2, 0.25) is 0 Å². The van der Waals surface area contributed by atoms with Crippen molar-refractivity contribution in [1.29, 1.82) is 0 Å². The molecule has 0 atom stereocenters. The smallest absolute Gasteiger partial charge is 0.136 e. The zero-order valence-corrected chi connectivity index (χ0v) is 10.0. The van der Waals surface area contributed by atoms with E-state index in [4.69, 9.17) is 0 Å². The van der Waals surface area contributed by atoms with Crippen molar-refractivity contribution in [2.24, 2.45) is 0 Å². The van der Waals surface area contributed by atoms with Gasteiger partial charge < -0.3 is 4.90 Å². The summed E-state index contributed by atoms with van der Waals surface area (Å²) in [6, 6.07) is 5.26. The Bertz CT molecular complexity index is 288. The second-order valence-corrected chi connectivity index (χ2v) is 4.24. The Morgan fingerprint density at radius 3 is 2.69 bits per heavy atom. The number of nitrogens with zero attached hydrogens (tertiary/aromatic N) is 1. The molecule has 0 radical (unpaired) electrons. The van der Waals surface area contributed by atoms with Crippen LogP contribution < -0.4 is 0 Å². The third kappa shape index (κ3) is 3.23. The van der Waals surface area contributed by atoms with Crippen molar-refractivity contribution >= 4 is 22.6 Å². The summed E-state index contributed by atoms with van der Waals surface area (Å²) in [5.41, 5.74) is 1.16. The van der Waals surface area contributed by atoms with E-state index in [0.717, 1.165) is 18.7 Å². The third-order valence-corrected chi connectivity index (χ3v) is 2.80. The van der Waals surface area contributed by atoms with Crippen LogP contribution in [0.3, 0.4) is 0 Å². The molecule has 0 spiro atoms. The van der Waals surface area contributed by atoms with Gasteiger partial charge in [-0.15, -0.1) is 0 Å². The lowest BCUT2D eigenvalue weighted by molar-refractivity contribution is 0.345. The molecule has 0 fully saturated rings. The van der Waals surface area contributed by atoms with Crippen LogP contribution in [-0.2, 0) is 6.54 Å². The summed E-state index contributed by atoms with van der Waals surface area (Å²) < 4.78 is 13.6. The number of hydrogen-bond donors (Lipinski definition) is 0. The van der Waals surface area contributed by atoms with Crippen LogP contribution >= 0.6 is 22.6 Å². The summed E-state index contributed by atoms with van der Waals surface area (Å²) in [7, 11) is 2.05. The van der Waals surface area contributed by atoms with Gasteiger partial charge in [0.25, 0.3) is 0 Å². The van der Waals surface area contributed by atoms with E-state index in [1.54, 1.807) is 0 Å². The molecule has 0 unspecified atom stereocenters. The number of halogens is 2. The van der Waals surface area contributed by atoms with Crippen LogP contribution in [0.15, 0.2) is 18.2 Å². The maximum atomic E-state index is 12.9. The molecule has 0 aliphatic carbocycles. The second-order valence-electron chi connectivity index (χ2n) is 3.08. The van der Waals surface area contributed by atoms with Gasteiger partial charge in [-0.1, -0.05) is 13.0 Å². The van der Waals surface area contributed by atoms with Gasteiger partial charge in [0.1, 0.15) is 5.82 Å². The molecule has 0 aliphatic heterocycles. The maximum Gasteiger partial charge on any atom is 0.136 e. The highest BCUT2D eigenvalue weighted by molar-refractivity contribution is 14.1. The normalized spacial score (nSPS) is 10.8. The molecule has 1 rings (SSSR count). The van der Waals surface area contributed by atoms with Gasteiger partial charge in [0.15, 0.2) is 0 Å². The molecule has 0 saturated heterocycles. The summed E-state index contributed by atoms with van der Waals surface area (Å²) in [6.45, 7) is 4.00. The molecule has 0 N–H and O–H groups in total. The highest BCUT2D eigenvalue weighted by atomic mass is 127. The highest BCUT2D eigenvalue weighted by Gasteiger charge is 2.01. The molecule has 0 aliphatic rings. The highest BCUT2D eigenvalue weighted by Crippen LogP contribution is 2.13. The van der Waals surface area contributed by atoms with Crippen molar-refractivity contribution in [2.75, 3.05) is 13.6 Å². The zero-order chi connectivity index (χ0) is 9.84. The van der Waals surface area contributed by atoms with E-state index in [-0.39, 0.29) is 5.82 Å². The quantitative estimate of drug-likeness (QED) is 0.775. The fourth-order valence-electron chi connectivity index (χ4n) is 1.06. The minimum absolute atomic E-state index is 0.136. The monoisotopic (exact) mass is 293 g/mol. The van der Waals surface area contributed by atoms with E-state index in [1.807, 2.05) is 34.7 Å². The summed E-state index contributed by atoms with van der Waals surface area (Å²) in [5, 5.41) is 0. The molecule has 72 valence electrons. The topological polar surface area (TPSA) is 3.24 Å². The van der Waals surface area contributed by atoms with Crippen LogP contribution in [-0.4, -0.2) is 18.5 Å². The first kappa shape index (κ1) is 10.9. The van der Waals surface area contributed by atoms with Crippen molar-refractivity contribution in [1.82, 2.24) is 4.90 Å². The van der Waals surface area contributed by atoms with Crippen molar-refractivity contribution in [2.45, 2.75) is 13.5 Å². The molecule has 3 heteroatoms. The van der Waals surface area contributed by atoms with Gasteiger partial charge in [-0.25, -0.2) is 4.39 Å². The van der Waals surface area contributed by atoms with Crippen molar-refractivity contribution in [3.8, 4) is 0 Å². The van der Waals surface area contributed by atoms with Gasteiger partial charge in [0.2, 0.25) is 0 Å². The van der Waals surface area contributed by atoms with Crippen LogP contribution in [0.5, 0.6) is 0 Å². The van der Waals surface area contributed by atoms with Gasteiger partial charge in [-0.05, 0) is 53.9 Å². The van der Waals surface area contributed by atoms with E-state index in [0.29, 0.717) is 3.57 Å². The lowest BCUT2D eigenvalue weighted by atomic mass is 10.2. The molecule has 0 bridgehead atoms. The first-order chi connectivity index (χ1) is 6.13. The lowest BCUT2D eigenvalue weighted by Gasteiger charge is -2.13. The standard InChI is InChI=1S/C10H13FIN/c1-3-13(2)7-8-4-5-9(11)10(12)6-8/h4-6H,3,7H2,1-2H3. The molecule has 1 nitrogen and oxygen atoms in total. The van der Waals surface area contributed by atoms with Crippen molar-refractivity contribution in [3.05, 3.63) is 33.1 Å². The molecular weight excluding hydrogens is 280 g/mol. The number of benzene rings is 1. The Morgan fingerprint density at radius 1 is 1.46 bits per heavy atom. The van der Waals surface area contributed by atoms with E-state index >= 15 is 0 Å². The molecule has 0 amide bonds.